The van der Waals surface area contributed by atoms with Gasteiger partial charge in [-0.3, -0.25) is 9.69 Å². The molecule has 33 heavy (non-hydrogen) atoms. The van der Waals surface area contributed by atoms with Gasteiger partial charge in [-0.25, -0.2) is 4.98 Å². The van der Waals surface area contributed by atoms with Gasteiger partial charge in [0, 0.05) is 30.9 Å². The topological polar surface area (TPSA) is 83.2 Å². The molecule has 1 aromatic heterocycles. The summed E-state index contributed by atoms with van der Waals surface area (Å²) in [5, 5.41) is 13.1. The standard InChI is InChI=1S/C24H24ClN5O2.ClH/c1-32-22-6-5-18(11-26)19(10-22)14-30-16-27-12-21(30)15-29(23-7-8-28-24(23)31)13-17-3-2-4-20(25)9-17;/h2-6,9-10,12,16,23H,7-8,13-15H2,1H3,(H,28,31);1H. The Hall–Kier alpha value is -3.05. The van der Waals surface area contributed by atoms with E-state index in [9.17, 15) is 10.1 Å². The van der Waals surface area contributed by atoms with E-state index in [1.807, 2.05) is 41.1 Å². The molecule has 2 heterocycles. The number of methoxy groups -OCH3 is 1. The minimum Gasteiger partial charge on any atom is -0.497 e. The van der Waals surface area contributed by atoms with Crippen LogP contribution in [-0.4, -0.2) is 40.1 Å². The van der Waals surface area contributed by atoms with Crippen molar-refractivity contribution >= 4 is 29.9 Å². The Morgan fingerprint density at radius 1 is 1.30 bits per heavy atom. The molecule has 0 radical (unpaired) electrons. The third-order valence-corrected chi connectivity index (χ3v) is 5.91. The van der Waals surface area contributed by atoms with Gasteiger partial charge in [0.2, 0.25) is 5.91 Å². The van der Waals surface area contributed by atoms with Crippen molar-refractivity contribution < 1.29 is 9.53 Å². The Bertz CT molecular complexity index is 1160. The average molecular weight is 486 g/mol. The quantitative estimate of drug-likeness (QED) is 0.524. The molecule has 172 valence electrons. The maximum absolute atomic E-state index is 12.5. The van der Waals surface area contributed by atoms with E-state index in [1.165, 1.54) is 0 Å². The fraction of sp³-hybridized carbons (Fsp3) is 0.292. The highest BCUT2D eigenvalue weighted by molar-refractivity contribution is 6.30. The molecule has 9 heteroatoms. The van der Waals surface area contributed by atoms with E-state index in [0.717, 1.165) is 23.2 Å². The number of hydrogen-bond donors (Lipinski definition) is 1. The lowest BCUT2D eigenvalue weighted by Crippen LogP contribution is -2.40. The monoisotopic (exact) mass is 485 g/mol. The van der Waals surface area contributed by atoms with E-state index >= 15 is 0 Å². The summed E-state index contributed by atoms with van der Waals surface area (Å²) in [6.45, 7) is 2.28. The molecule has 2 aromatic carbocycles. The number of carbonyl (C=O) groups excluding carboxylic acids is 1. The number of aromatic nitrogens is 2. The largest absolute Gasteiger partial charge is 0.497 e. The maximum Gasteiger partial charge on any atom is 0.237 e. The van der Waals surface area contributed by atoms with Crippen LogP contribution in [0.2, 0.25) is 5.02 Å². The van der Waals surface area contributed by atoms with Crippen LogP contribution >= 0.6 is 24.0 Å². The second-order valence-corrected chi connectivity index (χ2v) is 8.21. The van der Waals surface area contributed by atoms with Crippen LogP contribution in [0.15, 0.2) is 55.0 Å². The molecule has 1 N–H and O–H groups in total. The van der Waals surface area contributed by atoms with E-state index in [1.54, 1.807) is 25.6 Å². The number of nitrogens with one attached hydrogen (secondary N) is 1. The molecule has 0 saturated carbocycles. The van der Waals surface area contributed by atoms with Crippen molar-refractivity contribution in [3.8, 4) is 11.8 Å². The molecule has 1 saturated heterocycles. The fourth-order valence-corrected chi connectivity index (χ4v) is 4.24. The maximum atomic E-state index is 12.5. The van der Waals surface area contributed by atoms with Crippen molar-refractivity contribution in [1.29, 1.82) is 5.26 Å². The summed E-state index contributed by atoms with van der Waals surface area (Å²) in [4.78, 5) is 19.0. The first kappa shape index (κ1) is 24.6. The van der Waals surface area contributed by atoms with Crippen molar-refractivity contribution in [2.45, 2.75) is 32.1 Å². The van der Waals surface area contributed by atoms with Crippen LogP contribution < -0.4 is 10.1 Å². The second kappa shape index (κ2) is 11.2. The van der Waals surface area contributed by atoms with Crippen LogP contribution in [0.1, 0.15) is 28.8 Å². The molecule has 0 spiro atoms. The summed E-state index contributed by atoms with van der Waals surface area (Å²) in [7, 11) is 1.61. The van der Waals surface area contributed by atoms with Gasteiger partial charge >= 0.3 is 0 Å². The number of ether oxygens (including phenoxy) is 1. The van der Waals surface area contributed by atoms with Crippen molar-refractivity contribution in [2.24, 2.45) is 0 Å². The van der Waals surface area contributed by atoms with Gasteiger partial charge < -0.3 is 14.6 Å². The molecular formula is C24H25Cl2N5O2. The molecule has 1 atom stereocenters. The zero-order chi connectivity index (χ0) is 22.5. The average Bonchev–Trinajstić information content (AvgIpc) is 3.42. The molecule has 1 aliphatic heterocycles. The van der Waals surface area contributed by atoms with E-state index in [4.69, 9.17) is 16.3 Å². The van der Waals surface area contributed by atoms with Gasteiger partial charge in [0.05, 0.1) is 43.4 Å². The van der Waals surface area contributed by atoms with Crippen LogP contribution in [0.5, 0.6) is 5.75 Å². The number of nitriles is 1. The first-order valence-electron chi connectivity index (χ1n) is 10.4. The van der Waals surface area contributed by atoms with Crippen molar-refractivity contribution in [3.63, 3.8) is 0 Å². The molecule has 1 aliphatic rings. The molecule has 1 amide bonds. The van der Waals surface area contributed by atoms with Crippen LogP contribution in [0.25, 0.3) is 0 Å². The molecule has 4 rings (SSSR count). The van der Waals surface area contributed by atoms with Gasteiger partial charge in [-0.2, -0.15) is 5.26 Å². The molecule has 0 aliphatic carbocycles. The van der Waals surface area contributed by atoms with Gasteiger partial charge in [-0.05, 0) is 47.9 Å². The van der Waals surface area contributed by atoms with E-state index in [0.29, 0.717) is 42.5 Å². The molecule has 1 fully saturated rings. The summed E-state index contributed by atoms with van der Waals surface area (Å²) in [5.74, 6) is 0.739. The van der Waals surface area contributed by atoms with Crippen molar-refractivity contribution in [1.82, 2.24) is 19.8 Å². The SMILES string of the molecule is COc1ccc(C#N)c(Cn2cncc2CN(Cc2cccc(Cl)c2)C2CCNC2=O)c1.Cl. The number of imidazole rings is 1. The van der Waals surface area contributed by atoms with E-state index < -0.39 is 0 Å². The van der Waals surface area contributed by atoms with Crippen LogP contribution in [-0.2, 0) is 24.4 Å². The van der Waals surface area contributed by atoms with Crippen LogP contribution in [0, 0.1) is 11.3 Å². The van der Waals surface area contributed by atoms with Gasteiger partial charge in [-0.15, -0.1) is 12.4 Å². The Balaban J connectivity index is 0.00000306. The molecule has 1 unspecified atom stereocenters. The first-order chi connectivity index (χ1) is 15.6. The second-order valence-electron chi connectivity index (χ2n) is 7.78. The van der Waals surface area contributed by atoms with Crippen molar-refractivity contribution in [3.05, 3.63) is 82.4 Å². The summed E-state index contributed by atoms with van der Waals surface area (Å²) in [6, 6.07) is 15.1. The molecule has 3 aromatic rings. The van der Waals surface area contributed by atoms with Crippen molar-refractivity contribution in [2.75, 3.05) is 13.7 Å². The predicted octanol–water partition coefficient (Wildman–Crippen LogP) is 3.78. The zero-order valence-electron chi connectivity index (χ0n) is 18.2. The molecular weight excluding hydrogens is 461 g/mol. The fourth-order valence-electron chi connectivity index (χ4n) is 4.03. The summed E-state index contributed by atoms with van der Waals surface area (Å²) in [5.41, 5.74) is 3.45. The van der Waals surface area contributed by atoms with Gasteiger partial charge in [-0.1, -0.05) is 23.7 Å². The molecule has 7 nitrogen and oxygen atoms in total. The Kier molecular flexibility index (Phi) is 8.34. The number of rotatable bonds is 8. The third-order valence-electron chi connectivity index (χ3n) is 5.67. The number of halogens is 2. The van der Waals surface area contributed by atoms with Gasteiger partial charge in [0.15, 0.2) is 0 Å². The van der Waals surface area contributed by atoms with E-state index in [2.05, 4.69) is 21.3 Å². The number of carbonyl (C=O) groups is 1. The lowest BCUT2D eigenvalue weighted by molar-refractivity contribution is -0.124. The number of nitrogens with zero attached hydrogens (tertiary/aromatic N) is 4. The summed E-state index contributed by atoms with van der Waals surface area (Å²) >= 11 is 6.18. The summed E-state index contributed by atoms with van der Waals surface area (Å²) < 4.78 is 7.33. The lowest BCUT2D eigenvalue weighted by Gasteiger charge is -2.27. The molecule has 0 bridgehead atoms. The highest BCUT2D eigenvalue weighted by Crippen LogP contribution is 2.22. The highest BCUT2D eigenvalue weighted by Gasteiger charge is 2.31. The lowest BCUT2D eigenvalue weighted by atomic mass is 10.1. The number of hydrogen-bond acceptors (Lipinski definition) is 5. The highest BCUT2D eigenvalue weighted by atomic mass is 35.5. The van der Waals surface area contributed by atoms with Gasteiger partial charge in [0.25, 0.3) is 0 Å². The minimum absolute atomic E-state index is 0. The van der Waals surface area contributed by atoms with Gasteiger partial charge in [0.1, 0.15) is 5.75 Å². The Morgan fingerprint density at radius 2 is 2.15 bits per heavy atom. The number of amides is 1. The predicted molar refractivity (Wildman–Crippen MR) is 128 cm³/mol. The minimum atomic E-state index is -0.219. The first-order valence-corrected chi connectivity index (χ1v) is 10.8. The zero-order valence-corrected chi connectivity index (χ0v) is 19.8. The Morgan fingerprint density at radius 3 is 2.85 bits per heavy atom. The smallest absolute Gasteiger partial charge is 0.237 e. The van der Waals surface area contributed by atoms with Crippen LogP contribution in [0.4, 0.5) is 0 Å². The summed E-state index contributed by atoms with van der Waals surface area (Å²) in [6.07, 6.45) is 4.31. The van der Waals surface area contributed by atoms with Crippen LogP contribution in [0.3, 0.4) is 0 Å². The van der Waals surface area contributed by atoms with E-state index in [-0.39, 0.29) is 24.4 Å². The number of benzene rings is 2. The third kappa shape index (κ3) is 5.85. The Labute approximate surface area is 204 Å². The normalized spacial score (nSPS) is 15.1.